The lowest BCUT2D eigenvalue weighted by Gasteiger charge is -2.32. The highest BCUT2D eigenvalue weighted by Gasteiger charge is 2.43. The van der Waals surface area contributed by atoms with Crippen molar-refractivity contribution in [3.63, 3.8) is 0 Å². The van der Waals surface area contributed by atoms with E-state index >= 15 is 0 Å². The van der Waals surface area contributed by atoms with Crippen molar-refractivity contribution in [3.05, 3.63) is 90.1 Å². The molecule has 1 atom stereocenters. The number of rotatable bonds is 2. The summed E-state index contributed by atoms with van der Waals surface area (Å²) in [6, 6.07) is 27.4. The average Bonchev–Trinajstić information content (AvgIpc) is 3.46. The summed E-state index contributed by atoms with van der Waals surface area (Å²) in [6.07, 6.45) is 0.918. The molecule has 2 aliphatic rings. The zero-order valence-electron chi connectivity index (χ0n) is 16.6. The first-order valence-corrected chi connectivity index (χ1v) is 11.3. The Labute approximate surface area is 183 Å². The van der Waals surface area contributed by atoms with Gasteiger partial charge in [-0.2, -0.15) is 0 Å². The summed E-state index contributed by atoms with van der Waals surface area (Å²) in [7, 11) is 0. The lowest BCUT2D eigenvalue weighted by Crippen LogP contribution is -2.24. The van der Waals surface area contributed by atoms with Crippen LogP contribution in [0, 0.1) is 0 Å². The minimum atomic E-state index is 0.142. The van der Waals surface area contributed by atoms with Gasteiger partial charge in [0.15, 0.2) is 0 Å². The predicted molar refractivity (Wildman–Crippen MR) is 125 cm³/mol. The number of para-hydroxylation sites is 2. The van der Waals surface area contributed by atoms with Gasteiger partial charge in [-0.1, -0.05) is 66.4 Å². The molecule has 3 N–H and O–H groups in total. The normalized spacial score (nSPS) is 16.1. The van der Waals surface area contributed by atoms with Gasteiger partial charge in [0.25, 0.3) is 0 Å². The number of nitrogens with one attached hydrogen (secondary N) is 2. The molecule has 0 aliphatic carbocycles. The molecule has 7 rings (SSSR count). The van der Waals surface area contributed by atoms with Crippen molar-refractivity contribution < 1.29 is 5.11 Å². The molecule has 2 aromatic heterocycles. The van der Waals surface area contributed by atoms with Crippen LogP contribution >= 0.6 is 11.8 Å². The van der Waals surface area contributed by atoms with Crippen LogP contribution < -0.4 is 4.90 Å². The van der Waals surface area contributed by atoms with Gasteiger partial charge in [-0.3, -0.25) is 0 Å². The number of benzene rings is 3. The fourth-order valence-electron chi connectivity index (χ4n) is 5.18. The first kappa shape index (κ1) is 17.1. The highest BCUT2D eigenvalue weighted by atomic mass is 32.2. The average molecular weight is 422 g/mol. The number of hydrogen-bond donors (Lipinski definition) is 3. The summed E-state index contributed by atoms with van der Waals surface area (Å²) in [5, 5.41) is 13.3. The molecule has 0 fully saturated rings. The van der Waals surface area contributed by atoms with Gasteiger partial charge in [-0.25, -0.2) is 0 Å². The molecule has 4 nitrogen and oxygen atoms in total. The van der Waals surface area contributed by atoms with Gasteiger partial charge in [0, 0.05) is 44.7 Å². The summed E-state index contributed by atoms with van der Waals surface area (Å²) in [5.41, 5.74) is 7.99. The Balaban J connectivity index is 1.54. The molecule has 0 saturated carbocycles. The van der Waals surface area contributed by atoms with E-state index in [1.54, 1.807) is 11.8 Å². The largest absolute Gasteiger partial charge is 0.493 e. The van der Waals surface area contributed by atoms with Crippen LogP contribution in [0.3, 0.4) is 0 Å². The molecule has 0 spiro atoms. The Kier molecular flexibility index (Phi) is 3.44. The molecular weight excluding hydrogens is 402 g/mol. The highest BCUT2D eigenvalue weighted by molar-refractivity contribution is 7.99. The Hall–Kier alpha value is -3.57. The predicted octanol–water partition coefficient (Wildman–Crippen LogP) is 6.77. The first-order chi connectivity index (χ1) is 15.3. The summed E-state index contributed by atoms with van der Waals surface area (Å²) in [4.78, 5) is 10.5. The molecule has 3 aromatic carbocycles. The van der Waals surface area contributed by atoms with E-state index in [0.29, 0.717) is 0 Å². The summed E-state index contributed by atoms with van der Waals surface area (Å²) in [5.74, 6) is 0.228. The molecule has 1 unspecified atom stereocenters. The SMILES string of the molecule is Oc1[nH]c(Sc2ccccc2)c2c1N1c3ccccc3CC1c1[nH]c3ccccc3c1-2. The zero-order valence-corrected chi connectivity index (χ0v) is 17.4. The van der Waals surface area contributed by atoms with Crippen molar-refractivity contribution in [3.8, 4) is 17.0 Å². The first-order valence-electron chi connectivity index (χ1n) is 10.5. The number of H-pyrrole nitrogens is 2. The number of aromatic amines is 2. The fraction of sp³-hybridized carbons (Fsp3) is 0.0769. The van der Waals surface area contributed by atoms with Gasteiger partial charge >= 0.3 is 0 Å². The van der Waals surface area contributed by atoms with Crippen LogP contribution in [0.5, 0.6) is 5.88 Å². The van der Waals surface area contributed by atoms with Crippen LogP contribution in [-0.4, -0.2) is 15.1 Å². The number of hydrogen-bond acceptors (Lipinski definition) is 3. The van der Waals surface area contributed by atoms with Crippen molar-refractivity contribution >= 4 is 34.0 Å². The Bertz CT molecular complexity index is 1470. The number of nitrogens with zero attached hydrogens (tertiary/aromatic N) is 1. The van der Waals surface area contributed by atoms with Crippen molar-refractivity contribution in [2.75, 3.05) is 4.90 Å². The van der Waals surface area contributed by atoms with Crippen LogP contribution in [0.4, 0.5) is 11.4 Å². The van der Waals surface area contributed by atoms with Crippen molar-refractivity contribution in [1.82, 2.24) is 9.97 Å². The summed E-state index contributed by atoms with van der Waals surface area (Å²) in [6.45, 7) is 0. The number of anilines is 2. The van der Waals surface area contributed by atoms with E-state index in [4.69, 9.17) is 0 Å². The molecule has 5 heteroatoms. The third-order valence-electron chi connectivity index (χ3n) is 6.42. The van der Waals surface area contributed by atoms with Gasteiger partial charge in [0.2, 0.25) is 5.88 Å². The molecule has 31 heavy (non-hydrogen) atoms. The van der Waals surface area contributed by atoms with Crippen LogP contribution in [0.1, 0.15) is 17.3 Å². The second-order valence-corrected chi connectivity index (χ2v) is 9.20. The third-order valence-corrected chi connectivity index (χ3v) is 7.44. The van der Waals surface area contributed by atoms with E-state index in [9.17, 15) is 5.11 Å². The van der Waals surface area contributed by atoms with E-state index in [-0.39, 0.29) is 11.9 Å². The molecule has 0 bridgehead atoms. The number of aromatic hydroxyl groups is 1. The Morgan fingerprint density at radius 2 is 1.61 bits per heavy atom. The standard InChI is InChI=1S/C26H19N3OS/c30-25-24-22(26(28-25)31-16-9-2-1-3-10-16)21-17-11-5-6-12-18(17)27-23(21)20-14-15-8-4-7-13-19(15)29(20)24/h1-13,20,27-28,30H,14H2. The second-order valence-electron chi connectivity index (χ2n) is 8.12. The molecule has 150 valence electrons. The van der Waals surface area contributed by atoms with Gasteiger partial charge in [-0.05, 0) is 29.8 Å². The quantitative estimate of drug-likeness (QED) is 0.295. The second kappa shape index (κ2) is 6.22. The number of aromatic nitrogens is 2. The van der Waals surface area contributed by atoms with Crippen LogP contribution in [-0.2, 0) is 6.42 Å². The molecule has 0 amide bonds. The van der Waals surface area contributed by atoms with E-state index in [1.807, 2.05) is 18.2 Å². The highest BCUT2D eigenvalue weighted by Crippen LogP contribution is 2.60. The molecule has 2 aliphatic heterocycles. The van der Waals surface area contributed by atoms with Crippen molar-refractivity contribution in [2.45, 2.75) is 22.4 Å². The van der Waals surface area contributed by atoms with Crippen molar-refractivity contribution in [2.24, 2.45) is 0 Å². The monoisotopic (exact) mass is 421 g/mol. The maximum atomic E-state index is 11.1. The summed E-state index contributed by atoms with van der Waals surface area (Å²) < 4.78 is 0. The minimum absolute atomic E-state index is 0.142. The van der Waals surface area contributed by atoms with Crippen molar-refractivity contribution in [1.29, 1.82) is 0 Å². The molecule has 0 radical (unpaired) electrons. The Morgan fingerprint density at radius 1 is 0.839 bits per heavy atom. The van der Waals surface area contributed by atoms with E-state index in [0.717, 1.165) is 33.1 Å². The number of fused-ring (bicyclic) bond motifs is 10. The summed E-state index contributed by atoms with van der Waals surface area (Å²) >= 11 is 1.66. The molecule has 5 aromatic rings. The smallest absolute Gasteiger partial charge is 0.214 e. The van der Waals surface area contributed by atoms with Gasteiger partial charge < -0.3 is 20.0 Å². The van der Waals surface area contributed by atoms with Crippen LogP contribution in [0.2, 0.25) is 0 Å². The lowest BCUT2D eigenvalue weighted by atomic mass is 9.94. The lowest BCUT2D eigenvalue weighted by molar-refractivity contribution is 0.453. The fourth-order valence-corrected chi connectivity index (χ4v) is 6.16. The van der Waals surface area contributed by atoms with Gasteiger partial charge in [0.1, 0.15) is 5.69 Å². The zero-order chi connectivity index (χ0) is 20.5. The van der Waals surface area contributed by atoms with Crippen LogP contribution in [0.15, 0.2) is 88.8 Å². The molecule has 4 heterocycles. The minimum Gasteiger partial charge on any atom is -0.493 e. The van der Waals surface area contributed by atoms with E-state index < -0.39 is 0 Å². The molecule has 0 saturated heterocycles. The Morgan fingerprint density at radius 3 is 2.52 bits per heavy atom. The van der Waals surface area contributed by atoms with E-state index in [1.165, 1.54) is 27.9 Å². The van der Waals surface area contributed by atoms with Crippen LogP contribution in [0.25, 0.3) is 22.0 Å². The maximum Gasteiger partial charge on any atom is 0.214 e. The topological polar surface area (TPSA) is 55.0 Å². The molecular formula is C26H19N3OS. The van der Waals surface area contributed by atoms with E-state index in [2.05, 4.69) is 75.5 Å². The third kappa shape index (κ3) is 2.32. The van der Waals surface area contributed by atoms with Gasteiger partial charge in [-0.15, -0.1) is 0 Å². The maximum absolute atomic E-state index is 11.1. The van der Waals surface area contributed by atoms with Gasteiger partial charge in [0.05, 0.1) is 11.1 Å².